The molecule has 3 rings (SSSR count). The minimum absolute atomic E-state index is 0.247. The molecular formula is C21H54O14Si10. The van der Waals surface area contributed by atoms with Crippen molar-refractivity contribution >= 4 is 92.6 Å². The number of ether oxygens (including phenoxy) is 1. The van der Waals surface area contributed by atoms with Gasteiger partial charge in [-0.25, -0.2) is 4.79 Å². The third-order valence-electron chi connectivity index (χ3n) is 6.12. The Balaban J connectivity index is 2.13. The van der Waals surface area contributed by atoms with Gasteiger partial charge < -0.3 is 54.1 Å². The molecule has 262 valence electrons. The summed E-state index contributed by atoms with van der Waals surface area (Å²) < 4.78 is 87.0. The lowest BCUT2D eigenvalue weighted by atomic mass is 10.5. The maximum atomic E-state index is 11.6. The van der Waals surface area contributed by atoms with Crippen molar-refractivity contribution in [3.63, 3.8) is 0 Å². The lowest BCUT2D eigenvalue weighted by Crippen LogP contribution is -2.81. The summed E-state index contributed by atoms with van der Waals surface area (Å²) in [5.74, 6) is -0.461. The first-order valence-electron chi connectivity index (χ1n) is 15.1. The van der Waals surface area contributed by atoms with Crippen LogP contribution in [0.5, 0.6) is 0 Å². The second-order valence-electron chi connectivity index (χ2n) is 14.7. The Labute approximate surface area is 280 Å². The summed E-state index contributed by atoms with van der Waals surface area (Å²) in [5.41, 5.74) is 0. The van der Waals surface area contributed by atoms with Crippen LogP contribution in [0.2, 0.25) is 104 Å². The van der Waals surface area contributed by atoms with E-state index < -0.39 is 92.6 Å². The Morgan fingerprint density at radius 3 is 1.20 bits per heavy atom. The smallest absolute Gasteiger partial charge is 0.463 e. The van der Waals surface area contributed by atoms with Crippen LogP contribution in [-0.4, -0.2) is 99.2 Å². The minimum Gasteiger partial charge on any atom is -0.463 e. The molecule has 3 fully saturated rings. The van der Waals surface area contributed by atoms with E-state index in [4.69, 9.17) is 54.1 Å². The quantitative estimate of drug-likeness (QED) is 0.117. The molecule has 0 aromatic rings. The zero-order valence-corrected chi connectivity index (χ0v) is 39.6. The Morgan fingerprint density at radius 1 is 0.578 bits per heavy atom. The predicted molar refractivity (Wildman–Crippen MR) is 189 cm³/mol. The summed E-state index contributed by atoms with van der Waals surface area (Å²) in [6.07, 6.45) is 1.75. The summed E-state index contributed by atoms with van der Waals surface area (Å²) in [6, 6.07) is 0.662. The highest BCUT2D eigenvalue weighted by Crippen LogP contribution is 2.44. The van der Waals surface area contributed by atoms with Gasteiger partial charge in [-0.3, -0.25) is 0 Å². The lowest BCUT2D eigenvalue weighted by Gasteiger charge is -2.56. The molecule has 0 saturated carbocycles. The Bertz CT molecular complexity index is 1070. The van der Waals surface area contributed by atoms with Crippen molar-refractivity contribution in [3.8, 4) is 0 Å². The maximum Gasteiger partial charge on any atom is 0.475 e. The van der Waals surface area contributed by atoms with Gasteiger partial charge in [0.15, 0.2) is 25.0 Å². The van der Waals surface area contributed by atoms with Crippen LogP contribution in [-0.2, 0) is 58.9 Å². The normalized spacial score (nSPS) is 41.3. The van der Waals surface area contributed by atoms with Crippen LogP contribution in [0.1, 0.15) is 6.42 Å². The van der Waals surface area contributed by atoms with Gasteiger partial charge in [-0.1, -0.05) is 6.58 Å². The molecule has 3 saturated heterocycles. The Hall–Kier alpha value is 0.899. The number of esters is 1. The fraction of sp³-hybridized carbons (Fsp3) is 0.857. The van der Waals surface area contributed by atoms with E-state index in [1.807, 2.05) is 19.6 Å². The van der Waals surface area contributed by atoms with Crippen molar-refractivity contribution in [2.75, 3.05) is 6.61 Å². The summed E-state index contributed by atoms with van der Waals surface area (Å²) in [6.45, 7) is 32.8. The zero-order valence-electron chi connectivity index (χ0n) is 29.6. The molecule has 0 spiro atoms. The van der Waals surface area contributed by atoms with E-state index in [0.29, 0.717) is 12.5 Å². The van der Waals surface area contributed by atoms with Crippen molar-refractivity contribution in [1.82, 2.24) is 0 Å². The number of rotatable bonds is 11. The highest BCUT2D eigenvalue weighted by molar-refractivity contribution is 6.99. The van der Waals surface area contributed by atoms with E-state index in [0.717, 1.165) is 6.08 Å². The molecule has 0 aromatic carbocycles. The van der Waals surface area contributed by atoms with Crippen LogP contribution in [0.25, 0.3) is 0 Å². The van der Waals surface area contributed by atoms with Crippen LogP contribution < -0.4 is 0 Å². The Kier molecular flexibility index (Phi) is 11.8. The fourth-order valence-corrected chi connectivity index (χ4v) is 55.8. The molecule has 0 radical (unpaired) electrons. The van der Waals surface area contributed by atoms with Crippen LogP contribution in [0.4, 0.5) is 0 Å². The second-order valence-corrected chi connectivity index (χ2v) is 49.1. The van der Waals surface area contributed by atoms with Crippen LogP contribution >= 0.6 is 0 Å². The predicted octanol–water partition coefficient (Wildman–Crippen LogP) is 5.20. The molecular weight excluding hydrogens is 757 g/mol. The van der Waals surface area contributed by atoms with Crippen LogP contribution in [0, 0.1) is 0 Å². The van der Waals surface area contributed by atoms with Gasteiger partial charge in [-0.2, -0.15) is 0 Å². The summed E-state index contributed by atoms with van der Waals surface area (Å²) in [4.78, 5) is 11.6. The molecule has 4 bridgehead atoms. The lowest BCUT2D eigenvalue weighted by molar-refractivity contribution is -0.137. The molecule has 3 aliphatic rings. The van der Waals surface area contributed by atoms with E-state index in [2.05, 4.69) is 59.0 Å². The Morgan fingerprint density at radius 2 is 0.889 bits per heavy atom. The topological polar surface area (TPSA) is 137 Å². The minimum atomic E-state index is -3.72. The average molecular weight is 812 g/mol. The summed E-state index contributed by atoms with van der Waals surface area (Å²) in [5, 5.41) is 0. The van der Waals surface area contributed by atoms with Crippen molar-refractivity contribution < 1.29 is 58.9 Å². The second kappa shape index (κ2) is 13.2. The third kappa shape index (κ3) is 12.0. The van der Waals surface area contributed by atoms with E-state index in [9.17, 15) is 4.79 Å². The monoisotopic (exact) mass is 810 g/mol. The molecule has 4 unspecified atom stereocenters. The average Bonchev–Trinajstić information content (AvgIpc) is 2.67. The van der Waals surface area contributed by atoms with Crippen molar-refractivity contribution in [1.29, 1.82) is 0 Å². The number of hydrogen-bond donors (Lipinski definition) is 0. The van der Waals surface area contributed by atoms with Gasteiger partial charge in [0, 0.05) is 51.9 Å². The molecule has 24 heteroatoms. The summed E-state index contributed by atoms with van der Waals surface area (Å²) >= 11 is 0. The largest absolute Gasteiger partial charge is 0.475 e. The van der Waals surface area contributed by atoms with E-state index >= 15 is 0 Å². The van der Waals surface area contributed by atoms with Crippen molar-refractivity contribution in [3.05, 3.63) is 12.7 Å². The molecule has 0 aliphatic carbocycles. The molecule has 0 aromatic heterocycles. The number of carbonyl (C=O) groups excluding carboxylic acids is 1. The standard InChI is InChI=1S/C21H54O14Si10/c1-17-21(22)23-19-18-20-38(8,9)26-41(12)31-43(14)29-39(10,24-36(2,3)4)27-42(13)28-40(11,25-37(5,6)7)30-44(15,32-41)35-45(16,33-42)34-43/h17H,1,18-20H2,2-16H3. The molecule has 3 heterocycles. The van der Waals surface area contributed by atoms with Crippen LogP contribution in [0.3, 0.4) is 0 Å². The maximum absolute atomic E-state index is 11.6. The van der Waals surface area contributed by atoms with Crippen LogP contribution in [0.15, 0.2) is 12.7 Å². The van der Waals surface area contributed by atoms with Crippen molar-refractivity contribution in [2.45, 2.75) is 111 Å². The highest BCUT2D eigenvalue weighted by Gasteiger charge is 2.73. The van der Waals surface area contributed by atoms with Gasteiger partial charge in [0.2, 0.25) is 0 Å². The molecule has 45 heavy (non-hydrogen) atoms. The van der Waals surface area contributed by atoms with Crippen molar-refractivity contribution in [2.24, 2.45) is 0 Å². The molecule has 14 nitrogen and oxygen atoms in total. The fourth-order valence-electron chi connectivity index (χ4n) is 5.86. The van der Waals surface area contributed by atoms with Gasteiger partial charge in [0.25, 0.3) is 0 Å². The van der Waals surface area contributed by atoms with Gasteiger partial charge in [-0.15, -0.1) is 0 Å². The molecule has 0 N–H and O–H groups in total. The number of hydrogen-bond acceptors (Lipinski definition) is 14. The van der Waals surface area contributed by atoms with Gasteiger partial charge in [0.1, 0.15) is 0 Å². The highest BCUT2D eigenvalue weighted by atomic mass is 28.6. The zero-order chi connectivity index (χ0) is 34.6. The van der Waals surface area contributed by atoms with E-state index in [1.165, 1.54) is 0 Å². The summed E-state index contributed by atoms with van der Waals surface area (Å²) in [7, 11) is -32.6. The van der Waals surface area contributed by atoms with Gasteiger partial charge in [-0.05, 0) is 64.8 Å². The van der Waals surface area contributed by atoms with E-state index in [-0.39, 0.29) is 6.61 Å². The van der Waals surface area contributed by atoms with E-state index in [1.54, 1.807) is 26.2 Å². The first-order valence-corrected chi connectivity index (χ1v) is 40.7. The third-order valence-corrected chi connectivity index (χ3v) is 45.9. The molecule has 4 atom stereocenters. The first kappa shape index (κ1) is 40.3. The number of fused-ring (bicyclic) bond motifs is 3. The SMILES string of the molecule is C=CC(=O)OCCC[Si](C)(C)O[Si]1(C)O[Si]2(C)O[Si](C)(O[Si](C)(C)C)O[Si]3(C)O[Si](C)(O[Si](C)(C)C)O[Si](C)(O1)O[Si](C)(O3)O2. The first-order chi connectivity index (χ1) is 19.9. The molecule has 3 aliphatic heterocycles. The number of carbonyl (C=O) groups is 1. The molecule has 0 amide bonds. The van der Waals surface area contributed by atoms with Gasteiger partial charge >= 0.3 is 67.6 Å². The van der Waals surface area contributed by atoms with Gasteiger partial charge in [0.05, 0.1) is 6.61 Å².